The molecule has 0 bridgehead atoms. The van der Waals surface area contributed by atoms with Gasteiger partial charge in [0.05, 0.1) is 0 Å². The first-order valence-corrected chi connectivity index (χ1v) is 5.33. The summed E-state index contributed by atoms with van der Waals surface area (Å²) in [5.74, 6) is 0.309. The summed E-state index contributed by atoms with van der Waals surface area (Å²) in [6, 6.07) is 5.32. The Kier molecular flexibility index (Phi) is 26.5. The van der Waals surface area contributed by atoms with E-state index in [1.165, 1.54) is 24.3 Å². The van der Waals surface area contributed by atoms with E-state index in [0.717, 1.165) is 0 Å². The molecule has 1 rings (SSSR count). The summed E-state index contributed by atoms with van der Waals surface area (Å²) in [5, 5.41) is 0. The van der Waals surface area contributed by atoms with Crippen LogP contribution in [0.5, 0.6) is 11.5 Å². The second-order valence-corrected chi connectivity index (χ2v) is 3.27. The first-order chi connectivity index (χ1) is 6.58. The van der Waals surface area contributed by atoms with E-state index in [4.69, 9.17) is 9.11 Å². The van der Waals surface area contributed by atoms with Crippen LogP contribution in [-0.4, -0.2) is 17.5 Å². The van der Waals surface area contributed by atoms with Crippen molar-refractivity contribution in [3.05, 3.63) is 24.3 Å². The molecular formula is C6H10Na4O6S2. The Bertz CT molecular complexity index is 342. The summed E-state index contributed by atoms with van der Waals surface area (Å²) < 4.78 is 45.9. The molecule has 0 spiro atoms. The van der Waals surface area contributed by atoms with Crippen molar-refractivity contribution in [1.82, 2.24) is 0 Å². The number of hydrogen-bond donors (Lipinski definition) is 2. The van der Waals surface area contributed by atoms with Gasteiger partial charge in [0.15, 0.2) is 0 Å². The van der Waals surface area contributed by atoms with Gasteiger partial charge in [-0.15, -0.1) is 0 Å². The van der Waals surface area contributed by atoms with Crippen molar-refractivity contribution in [2.75, 3.05) is 0 Å². The van der Waals surface area contributed by atoms with Gasteiger partial charge in [0.25, 0.3) is 0 Å². The first-order valence-electron chi connectivity index (χ1n) is 3.26. The van der Waals surface area contributed by atoms with Gasteiger partial charge in [-0.2, -0.15) is 8.42 Å². The van der Waals surface area contributed by atoms with E-state index in [-0.39, 0.29) is 135 Å². The Morgan fingerprint density at radius 2 is 1.00 bits per heavy atom. The zero-order valence-electron chi connectivity index (χ0n) is 14.7. The third-order valence-corrected chi connectivity index (χ3v) is 1.83. The molecular weight excluding hydrogens is 324 g/mol. The Hall–Kier alpha value is 3.04. The van der Waals surface area contributed by atoms with Crippen LogP contribution in [0.4, 0.5) is 0 Å². The molecule has 12 heteroatoms. The molecule has 6 nitrogen and oxygen atoms in total. The maximum Gasteiger partial charge on any atom is 1.00 e. The summed E-state index contributed by atoms with van der Waals surface area (Å²) in [5.41, 5.74) is 0. The molecule has 86 valence electrons. The van der Waals surface area contributed by atoms with Gasteiger partial charge in [-0.1, -0.05) is 0 Å². The van der Waals surface area contributed by atoms with Crippen molar-refractivity contribution >= 4 is 22.7 Å². The Morgan fingerprint density at radius 1 is 0.778 bits per heavy atom. The average molecular weight is 334 g/mol. The van der Waals surface area contributed by atoms with Crippen LogP contribution >= 0.6 is 0 Å². The van der Waals surface area contributed by atoms with Crippen LogP contribution in [-0.2, 0) is 22.7 Å². The average Bonchev–Trinajstić information content (AvgIpc) is 2.06. The van der Waals surface area contributed by atoms with Crippen LogP contribution in [0.15, 0.2) is 24.3 Å². The van der Waals surface area contributed by atoms with Gasteiger partial charge >= 0.3 is 141 Å². The molecule has 0 aliphatic heterocycles. The molecule has 0 aliphatic rings. The summed E-state index contributed by atoms with van der Waals surface area (Å²) in [4.78, 5) is 0. The fourth-order valence-electron chi connectivity index (χ4n) is 0.715. The van der Waals surface area contributed by atoms with Crippen molar-refractivity contribution in [2.24, 2.45) is 0 Å². The van der Waals surface area contributed by atoms with Gasteiger partial charge in [-0.05, 0) is 24.3 Å². The van der Waals surface area contributed by atoms with Gasteiger partial charge in [0.1, 0.15) is 11.5 Å². The molecule has 0 saturated carbocycles. The minimum Gasteiger partial charge on any atom is -1.00 e. The standard InChI is InChI=1S/C6H6O6S2.4Na.4H/c7-13(8)11-5-1-2-6(4-3-5)12-14(9)10;;;;;;;;/h1-4H,(H,7,8)(H,9,10);;;;;;;;/q;4*+1;4*-1. The molecule has 2 unspecified atom stereocenters. The number of rotatable bonds is 4. The molecule has 0 aliphatic carbocycles. The van der Waals surface area contributed by atoms with E-state index < -0.39 is 22.7 Å². The van der Waals surface area contributed by atoms with Crippen molar-refractivity contribution in [2.45, 2.75) is 0 Å². The van der Waals surface area contributed by atoms with E-state index in [2.05, 4.69) is 8.37 Å². The number of benzene rings is 1. The quantitative estimate of drug-likeness (QED) is 0.420. The van der Waals surface area contributed by atoms with Crippen LogP contribution in [0.3, 0.4) is 0 Å². The van der Waals surface area contributed by atoms with Crippen LogP contribution in [0.1, 0.15) is 5.71 Å². The van der Waals surface area contributed by atoms with E-state index >= 15 is 0 Å². The third kappa shape index (κ3) is 14.0. The van der Waals surface area contributed by atoms with Crippen molar-refractivity contribution in [3.8, 4) is 11.5 Å². The second-order valence-electron chi connectivity index (χ2n) is 2.07. The summed E-state index contributed by atoms with van der Waals surface area (Å²) >= 11 is -4.77. The predicted molar refractivity (Wildman–Crippen MR) is 53.7 cm³/mol. The fraction of sp³-hybridized carbons (Fsp3) is 0. The summed E-state index contributed by atoms with van der Waals surface area (Å²) in [6.45, 7) is 0. The van der Waals surface area contributed by atoms with Gasteiger partial charge in [0.2, 0.25) is 0 Å². The maximum atomic E-state index is 10.2. The van der Waals surface area contributed by atoms with E-state index in [9.17, 15) is 8.42 Å². The molecule has 0 heterocycles. The molecule has 18 heavy (non-hydrogen) atoms. The SMILES string of the molecule is O=S(O)Oc1ccc(OS(=O)O)cc1.[H-].[H-].[H-].[H-].[Na+].[Na+].[Na+].[Na+]. The zero-order chi connectivity index (χ0) is 10.6. The Morgan fingerprint density at radius 3 is 1.17 bits per heavy atom. The molecule has 0 saturated heterocycles. The van der Waals surface area contributed by atoms with Crippen molar-refractivity contribution < 1.29 is 150 Å². The van der Waals surface area contributed by atoms with Crippen LogP contribution in [0, 0.1) is 0 Å². The minimum absolute atomic E-state index is 0. The molecule has 0 radical (unpaired) electrons. The van der Waals surface area contributed by atoms with Gasteiger partial charge < -0.3 is 14.1 Å². The molecule has 0 fully saturated rings. The van der Waals surface area contributed by atoms with Gasteiger partial charge in [0, 0.05) is 0 Å². The van der Waals surface area contributed by atoms with Crippen molar-refractivity contribution in [1.29, 1.82) is 0 Å². The Labute approximate surface area is 204 Å². The van der Waals surface area contributed by atoms with Crippen molar-refractivity contribution in [3.63, 3.8) is 0 Å². The monoisotopic (exact) mass is 334 g/mol. The smallest absolute Gasteiger partial charge is 1.00 e. The molecule has 1 aromatic rings. The van der Waals surface area contributed by atoms with E-state index in [1.807, 2.05) is 0 Å². The predicted octanol–water partition coefficient (Wildman–Crippen LogP) is -10.8. The molecule has 1 aromatic carbocycles. The van der Waals surface area contributed by atoms with Crippen LogP contribution < -0.4 is 127 Å². The molecule has 0 aromatic heterocycles. The number of hydrogen-bond acceptors (Lipinski definition) is 4. The molecule has 0 amide bonds. The normalized spacial score (nSPS) is 11.2. The molecule has 2 N–H and O–H groups in total. The maximum absolute atomic E-state index is 10.2. The van der Waals surface area contributed by atoms with E-state index in [1.54, 1.807) is 0 Å². The topological polar surface area (TPSA) is 93.1 Å². The summed E-state index contributed by atoms with van der Waals surface area (Å²) in [7, 11) is 0. The molecule has 2 atom stereocenters. The summed E-state index contributed by atoms with van der Waals surface area (Å²) in [6.07, 6.45) is 0. The second kappa shape index (κ2) is 16.4. The van der Waals surface area contributed by atoms with Gasteiger partial charge in [-0.25, -0.2) is 0 Å². The zero-order valence-corrected chi connectivity index (χ0v) is 20.3. The largest absolute Gasteiger partial charge is 1.00 e. The first kappa shape index (κ1) is 29.1. The third-order valence-electron chi connectivity index (χ3n) is 1.16. The Balaban J connectivity index is -0.0000000408. The minimum atomic E-state index is -2.38. The van der Waals surface area contributed by atoms with Crippen LogP contribution in [0.2, 0.25) is 0 Å². The van der Waals surface area contributed by atoms with Crippen LogP contribution in [0.25, 0.3) is 0 Å². The van der Waals surface area contributed by atoms with Gasteiger partial charge in [-0.3, -0.25) is 9.11 Å². The fourth-order valence-corrected chi connectivity index (χ4v) is 1.27. The van der Waals surface area contributed by atoms with E-state index in [0.29, 0.717) is 0 Å².